The number of hydrogen-bond acceptors (Lipinski definition) is 2. The third kappa shape index (κ3) is 4.60. The van der Waals surface area contributed by atoms with Crippen molar-refractivity contribution in [2.75, 3.05) is 19.8 Å². The average Bonchev–Trinajstić information content (AvgIpc) is 2.29. The summed E-state index contributed by atoms with van der Waals surface area (Å²) in [6.07, 6.45) is 0.876. The first-order chi connectivity index (χ1) is 8.45. The summed E-state index contributed by atoms with van der Waals surface area (Å²) < 4.78 is 48.7. The van der Waals surface area contributed by atoms with E-state index in [9.17, 15) is 12.9 Å². The van der Waals surface area contributed by atoms with Crippen molar-refractivity contribution in [3.8, 4) is 5.75 Å². The molecule has 18 heavy (non-hydrogen) atoms. The van der Waals surface area contributed by atoms with Crippen LogP contribution in [0.3, 0.4) is 0 Å². The topological polar surface area (TPSA) is 18.5 Å². The van der Waals surface area contributed by atoms with E-state index in [1.165, 1.54) is 6.07 Å². The van der Waals surface area contributed by atoms with Crippen molar-refractivity contribution in [3.05, 3.63) is 23.8 Å². The Kier molecular flexibility index (Phi) is 5.53. The Hall–Kier alpha value is -1.17. The van der Waals surface area contributed by atoms with Gasteiger partial charge in [-0.05, 0) is 19.4 Å². The highest BCUT2D eigenvalue weighted by Gasteiger charge is 2.29. The summed E-state index contributed by atoms with van der Waals surface area (Å²) >= 11 is 0. The Morgan fingerprint density at radius 2 is 1.83 bits per heavy atom. The Bertz CT molecular complexity index is 380. The maximum atomic E-state index is 12.8. The lowest BCUT2D eigenvalue weighted by Crippen LogP contribution is -2.35. The molecule has 0 amide bonds. The van der Waals surface area contributed by atoms with Crippen LogP contribution in [-0.2, 0) is 4.74 Å². The second-order valence-corrected chi connectivity index (χ2v) is 4.08. The number of halogens is 3. The molecule has 6 heteroatoms. The maximum Gasteiger partial charge on any atom is 0.513 e. The van der Waals surface area contributed by atoms with E-state index in [0.717, 1.165) is 12.5 Å². The molecule has 0 saturated heterocycles. The molecule has 2 nitrogen and oxygen atoms in total. The largest absolute Gasteiger partial charge is 0.513 e. The van der Waals surface area contributed by atoms with Crippen LogP contribution < -0.4 is 10.2 Å². The lowest BCUT2D eigenvalue weighted by Gasteiger charge is -2.20. The zero-order valence-corrected chi connectivity index (χ0v) is 10.6. The molecular weight excluding hydrogens is 244 g/mol. The van der Waals surface area contributed by atoms with Crippen LogP contribution in [0.15, 0.2) is 18.2 Å². The normalized spacial score (nSPS) is 11.6. The van der Waals surface area contributed by atoms with Crippen molar-refractivity contribution in [1.29, 1.82) is 0 Å². The van der Waals surface area contributed by atoms with Crippen molar-refractivity contribution in [1.82, 2.24) is 0 Å². The summed E-state index contributed by atoms with van der Waals surface area (Å²) in [6, 6.07) is 4.08. The standard InChI is InChI=1S/C12H17BF3O2/c1-3-6-17-7-8-18-12-5-4-10(2)9-11(12)13(14,15)16/h4-5,9H,3,6-8H2,1-2H3/q-1. The molecule has 0 aromatic heterocycles. The average molecular weight is 261 g/mol. The van der Waals surface area contributed by atoms with Crippen LogP contribution in [0.25, 0.3) is 0 Å². The number of hydrogen-bond donors (Lipinski definition) is 0. The van der Waals surface area contributed by atoms with E-state index in [0.29, 0.717) is 18.8 Å². The van der Waals surface area contributed by atoms with Crippen LogP contribution in [-0.4, -0.2) is 26.8 Å². The van der Waals surface area contributed by atoms with Gasteiger partial charge in [0.05, 0.1) is 12.4 Å². The Balaban J connectivity index is 2.65. The second kappa shape index (κ2) is 6.68. The lowest BCUT2D eigenvalue weighted by atomic mass is 9.78. The van der Waals surface area contributed by atoms with Crippen LogP contribution >= 0.6 is 0 Å². The van der Waals surface area contributed by atoms with Gasteiger partial charge in [0, 0.05) is 6.61 Å². The first-order valence-electron chi connectivity index (χ1n) is 5.96. The monoisotopic (exact) mass is 261 g/mol. The van der Waals surface area contributed by atoms with E-state index < -0.39 is 12.4 Å². The van der Waals surface area contributed by atoms with E-state index >= 15 is 0 Å². The van der Waals surface area contributed by atoms with Crippen LogP contribution in [0.1, 0.15) is 18.9 Å². The van der Waals surface area contributed by atoms with Gasteiger partial charge >= 0.3 is 6.98 Å². The first-order valence-corrected chi connectivity index (χ1v) is 5.96. The summed E-state index contributed by atoms with van der Waals surface area (Å²) in [6.45, 7) is -0.448. The minimum atomic E-state index is -5.05. The highest BCUT2D eigenvalue weighted by atomic mass is 19.4. The molecule has 0 radical (unpaired) electrons. The number of ether oxygens (including phenoxy) is 2. The zero-order chi connectivity index (χ0) is 13.6. The van der Waals surface area contributed by atoms with E-state index in [-0.39, 0.29) is 12.4 Å². The van der Waals surface area contributed by atoms with Crippen molar-refractivity contribution in [3.63, 3.8) is 0 Å². The van der Waals surface area contributed by atoms with E-state index in [2.05, 4.69) is 0 Å². The van der Waals surface area contributed by atoms with Gasteiger partial charge in [-0.2, -0.15) is 0 Å². The molecule has 0 aliphatic rings. The van der Waals surface area contributed by atoms with Gasteiger partial charge in [-0.25, -0.2) is 0 Å². The van der Waals surface area contributed by atoms with Gasteiger partial charge < -0.3 is 22.4 Å². The van der Waals surface area contributed by atoms with E-state index in [1.807, 2.05) is 6.92 Å². The van der Waals surface area contributed by atoms with Crippen LogP contribution in [0.4, 0.5) is 12.9 Å². The minimum Gasteiger partial charge on any atom is -0.494 e. The summed E-state index contributed by atoms with van der Waals surface area (Å²) in [5.41, 5.74) is -0.107. The summed E-state index contributed by atoms with van der Waals surface area (Å²) in [4.78, 5) is 0. The summed E-state index contributed by atoms with van der Waals surface area (Å²) in [7, 11) is 0. The molecule has 0 unspecified atom stereocenters. The predicted octanol–water partition coefficient (Wildman–Crippen LogP) is 2.85. The quantitative estimate of drug-likeness (QED) is 0.555. The van der Waals surface area contributed by atoms with Crippen LogP contribution in [0.5, 0.6) is 5.75 Å². The minimum absolute atomic E-state index is 0.117. The summed E-state index contributed by atoms with van der Waals surface area (Å²) in [5, 5.41) is 0. The molecule has 1 aromatic rings. The van der Waals surface area contributed by atoms with Gasteiger partial charge in [0.15, 0.2) is 0 Å². The molecule has 0 fully saturated rings. The van der Waals surface area contributed by atoms with E-state index in [4.69, 9.17) is 9.47 Å². The highest BCUT2D eigenvalue weighted by molar-refractivity contribution is 6.74. The van der Waals surface area contributed by atoms with Gasteiger partial charge in [0.2, 0.25) is 0 Å². The molecule has 0 bridgehead atoms. The van der Waals surface area contributed by atoms with E-state index in [1.54, 1.807) is 13.0 Å². The number of benzene rings is 1. The second-order valence-electron chi connectivity index (χ2n) is 4.08. The van der Waals surface area contributed by atoms with Gasteiger partial charge in [0.1, 0.15) is 6.61 Å². The van der Waals surface area contributed by atoms with Gasteiger partial charge in [-0.15, -0.1) is 0 Å². The fraction of sp³-hybridized carbons (Fsp3) is 0.500. The molecule has 1 aromatic carbocycles. The highest BCUT2D eigenvalue weighted by Crippen LogP contribution is 2.18. The molecule has 1 rings (SSSR count). The lowest BCUT2D eigenvalue weighted by molar-refractivity contribution is 0.101. The number of aryl methyl sites for hydroxylation is 1. The molecule has 0 aliphatic heterocycles. The Labute approximate surface area is 105 Å². The Morgan fingerprint density at radius 3 is 2.44 bits per heavy atom. The fourth-order valence-corrected chi connectivity index (χ4v) is 1.51. The van der Waals surface area contributed by atoms with Crippen molar-refractivity contribution in [2.24, 2.45) is 0 Å². The van der Waals surface area contributed by atoms with Gasteiger partial charge in [-0.1, -0.05) is 30.1 Å². The fourth-order valence-electron chi connectivity index (χ4n) is 1.51. The SMILES string of the molecule is CCCOCCOc1ccc(C)cc1[B-](F)(F)F. The van der Waals surface area contributed by atoms with Crippen LogP contribution in [0, 0.1) is 6.92 Å². The predicted molar refractivity (Wildman–Crippen MR) is 66.5 cm³/mol. The van der Waals surface area contributed by atoms with Crippen molar-refractivity contribution < 1.29 is 22.4 Å². The molecule has 0 spiro atoms. The zero-order valence-electron chi connectivity index (χ0n) is 10.6. The number of rotatable bonds is 7. The molecule has 0 aliphatic carbocycles. The van der Waals surface area contributed by atoms with Crippen molar-refractivity contribution >= 4 is 12.4 Å². The molecule has 102 valence electrons. The molecule has 0 atom stereocenters. The first kappa shape index (κ1) is 14.9. The maximum absolute atomic E-state index is 12.8. The third-order valence-electron chi connectivity index (χ3n) is 2.35. The van der Waals surface area contributed by atoms with Crippen LogP contribution in [0.2, 0.25) is 0 Å². The molecular formula is C12H17BF3O2-. The molecule has 0 N–H and O–H groups in total. The third-order valence-corrected chi connectivity index (χ3v) is 2.35. The van der Waals surface area contributed by atoms with Crippen molar-refractivity contribution in [2.45, 2.75) is 20.3 Å². The smallest absolute Gasteiger partial charge is 0.494 e. The van der Waals surface area contributed by atoms with Gasteiger partial charge in [0.25, 0.3) is 0 Å². The summed E-state index contributed by atoms with van der Waals surface area (Å²) in [5.74, 6) is -0.117. The Morgan fingerprint density at radius 1 is 1.11 bits per heavy atom. The molecule has 0 heterocycles. The molecule has 0 saturated carbocycles. The van der Waals surface area contributed by atoms with Gasteiger partial charge in [-0.3, -0.25) is 0 Å².